The van der Waals surface area contributed by atoms with Crippen LogP contribution in [0.1, 0.15) is 11.1 Å². The van der Waals surface area contributed by atoms with Gasteiger partial charge in [0.15, 0.2) is 0 Å². The van der Waals surface area contributed by atoms with Gasteiger partial charge in [-0.3, -0.25) is 9.69 Å². The summed E-state index contributed by atoms with van der Waals surface area (Å²) in [6, 6.07) is 20.6. The number of nitrogen functional groups attached to an aromatic ring is 1. The number of pyridine rings is 1. The van der Waals surface area contributed by atoms with Crippen LogP contribution >= 0.6 is 0 Å². The SMILES string of the molecule is CN(C/C=C/c1ccc2nc(-c3c(N)c4c(F)cccc4[nH]c3=O)[nH]c2c1)Cc1ccccc1. The van der Waals surface area contributed by atoms with Gasteiger partial charge in [0.1, 0.15) is 17.2 Å². The standard InChI is InChI=1S/C27H24FN5O/c1-33(16-18-7-3-2-4-8-18)14-6-9-17-12-13-20-22(15-17)31-26(30-20)24-25(29)23-19(28)10-5-11-21(23)32-27(24)34/h2-13,15H,14,16H2,1H3,(H,30,31)(H3,29,32,34)/b9-6+. The van der Waals surface area contributed by atoms with Crippen LogP contribution in [0.4, 0.5) is 10.1 Å². The third-order valence-electron chi connectivity index (χ3n) is 5.79. The molecule has 0 unspecified atom stereocenters. The van der Waals surface area contributed by atoms with Crippen molar-refractivity contribution in [3.8, 4) is 11.4 Å². The van der Waals surface area contributed by atoms with Crippen molar-refractivity contribution in [3.05, 3.63) is 100 Å². The van der Waals surface area contributed by atoms with Gasteiger partial charge >= 0.3 is 0 Å². The molecule has 0 atom stereocenters. The maximum Gasteiger partial charge on any atom is 0.261 e. The van der Waals surface area contributed by atoms with Crippen LogP contribution in [0.2, 0.25) is 0 Å². The fourth-order valence-electron chi connectivity index (χ4n) is 4.15. The Bertz CT molecular complexity index is 1570. The second kappa shape index (κ2) is 8.96. The lowest BCUT2D eigenvalue weighted by molar-refractivity contribution is 0.364. The van der Waals surface area contributed by atoms with Gasteiger partial charge in [0, 0.05) is 13.1 Å². The minimum absolute atomic E-state index is 0.0671. The number of benzene rings is 3. The number of fused-ring (bicyclic) bond motifs is 2. The summed E-state index contributed by atoms with van der Waals surface area (Å²) in [5, 5.41) is 0.181. The third-order valence-corrected chi connectivity index (χ3v) is 5.79. The zero-order chi connectivity index (χ0) is 23.7. The number of nitrogens with two attached hydrogens (primary N) is 1. The molecule has 0 aliphatic carbocycles. The first-order valence-electron chi connectivity index (χ1n) is 11.0. The van der Waals surface area contributed by atoms with Gasteiger partial charge in [0.25, 0.3) is 5.56 Å². The fraction of sp³-hybridized carbons (Fsp3) is 0.111. The van der Waals surface area contributed by atoms with Crippen molar-refractivity contribution in [2.24, 2.45) is 0 Å². The van der Waals surface area contributed by atoms with E-state index in [1.807, 2.05) is 42.5 Å². The zero-order valence-corrected chi connectivity index (χ0v) is 18.7. The highest BCUT2D eigenvalue weighted by atomic mass is 19.1. The normalized spacial score (nSPS) is 11.9. The first kappa shape index (κ1) is 21.6. The molecule has 0 saturated carbocycles. The number of halogens is 1. The van der Waals surface area contributed by atoms with Gasteiger partial charge < -0.3 is 15.7 Å². The average molecular weight is 454 g/mol. The second-order valence-electron chi connectivity index (χ2n) is 8.35. The number of imidazole rings is 1. The quantitative estimate of drug-likeness (QED) is 0.340. The van der Waals surface area contributed by atoms with Gasteiger partial charge in [-0.2, -0.15) is 0 Å². The second-order valence-corrected chi connectivity index (χ2v) is 8.35. The summed E-state index contributed by atoms with van der Waals surface area (Å²) in [6.07, 6.45) is 4.16. The van der Waals surface area contributed by atoms with Crippen LogP contribution in [-0.2, 0) is 6.54 Å². The summed E-state index contributed by atoms with van der Waals surface area (Å²) < 4.78 is 14.4. The number of aromatic nitrogens is 3. The maximum atomic E-state index is 14.4. The van der Waals surface area contributed by atoms with Gasteiger partial charge in [0.05, 0.1) is 27.6 Å². The number of nitrogens with one attached hydrogen (secondary N) is 2. The molecular formula is C27H24FN5O. The van der Waals surface area contributed by atoms with E-state index >= 15 is 0 Å². The first-order valence-corrected chi connectivity index (χ1v) is 11.0. The van der Waals surface area contributed by atoms with Gasteiger partial charge in [0.2, 0.25) is 0 Å². The molecule has 5 rings (SSSR count). The van der Waals surface area contributed by atoms with Gasteiger partial charge in [-0.1, -0.05) is 54.6 Å². The minimum Gasteiger partial charge on any atom is -0.397 e. The predicted octanol–water partition coefficient (Wildman–Crippen LogP) is 4.94. The smallest absolute Gasteiger partial charge is 0.261 e. The fourth-order valence-corrected chi connectivity index (χ4v) is 4.15. The number of anilines is 1. The Balaban J connectivity index is 1.40. The molecule has 2 heterocycles. The van der Waals surface area contributed by atoms with Crippen LogP contribution in [0.25, 0.3) is 39.4 Å². The van der Waals surface area contributed by atoms with Crippen molar-refractivity contribution < 1.29 is 4.39 Å². The molecule has 3 aromatic carbocycles. The number of hydrogen-bond acceptors (Lipinski definition) is 4. The highest BCUT2D eigenvalue weighted by Gasteiger charge is 2.18. The van der Waals surface area contributed by atoms with Crippen LogP contribution in [-0.4, -0.2) is 33.4 Å². The van der Waals surface area contributed by atoms with E-state index in [1.165, 1.54) is 17.7 Å². The lowest BCUT2D eigenvalue weighted by atomic mass is 10.1. The lowest BCUT2D eigenvalue weighted by Gasteiger charge is -2.14. The highest BCUT2D eigenvalue weighted by molar-refractivity contribution is 5.98. The number of rotatable bonds is 6. The molecule has 34 heavy (non-hydrogen) atoms. The molecule has 7 heteroatoms. The number of H-pyrrole nitrogens is 2. The van der Waals surface area contributed by atoms with Crippen molar-refractivity contribution >= 4 is 33.7 Å². The van der Waals surface area contributed by atoms with E-state index in [4.69, 9.17) is 5.73 Å². The monoisotopic (exact) mass is 453 g/mol. The van der Waals surface area contributed by atoms with Crippen LogP contribution in [0.5, 0.6) is 0 Å². The van der Waals surface area contributed by atoms with Crippen molar-refractivity contribution in [1.82, 2.24) is 19.9 Å². The van der Waals surface area contributed by atoms with Crippen molar-refractivity contribution in [2.45, 2.75) is 6.54 Å². The van der Waals surface area contributed by atoms with E-state index in [9.17, 15) is 9.18 Å². The molecule has 0 bridgehead atoms. The topological polar surface area (TPSA) is 90.8 Å². The zero-order valence-electron chi connectivity index (χ0n) is 18.7. The molecule has 5 aromatic rings. The molecule has 2 aromatic heterocycles. The maximum absolute atomic E-state index is 14.4. The molecule has 0 radical (unpaired) electrons. The van der Waals surface area contributed by atoms with Gasteiger partial charge in [-0.05, 0) is 42.4 Å². The Kier molecular flexibility index (Phi) is 5.69. The Morgan fingerprint density at radius 3 is 2.68 bits per heavy atom. The van der Waals surface area contributed by atoms with E-state index < -0.39 is 11.4 Å². The largest absolute Gasteiger partial charge is 0.397 e. The van der Waals surface area contributed by atoms with Crippen molar-refractivity contribution in [3.63, 3.8) is 0 Å². The minimum atomic E-state index is -0.492. The van der Waals surface area contributed by atoms with Crippen LogP contribution < -0.4 is 11.3 Å². The first-order chi connectivity index (χ1) is 16.5. The molecule has 4 N–H and O–H groups in total. The molecule has 0 aliphatic rings. The van der Waals surface area contributed by atoms with E-state index in [0.29, 0.717) is 16.9 Å². The highest BCUT2D eigenvalue weighted by Crippen LogP contribution is 2.30. The number of aromatic amines is 2. The molecule has 0 spiro atoms. The number of nitrogens with zero attached hydrogens (tertiary/aromatic N) is 2. The molecular weight excluding hydrogens is 429 g/mol. The Morgan fingerprint density at radius 2 is 1.85 bits per heavy atom. The summed E-state index contributed by atoms with van der Waals surface area (Å²) in [6.45, 7) is 1.67. The lowest BCUT2D eigenvalue weighted by Crippen LogP contribution is -2.17. The molecule has 0 saturated heterocycles. The molecule has 0 fully saturated rings. The van der Waals surface area contributed by atoms with Crippen LogP contribution in [0.15, 0.2) is 77.6 Å². The third kappa shape index (κ3) is 4.21. The van der Waals surface area contributed by atoms with E-state index in [-0.39, 0.29) is 16.6 Å². The Morgan fingerprint density at radius 1 is 1.03 bits per heavy atom. The Hall–Kier alpha value is -4.23. The summed E-state index contributed by atoms with van der Waals surface area (Å²) in [4.78, 5) is 25.3. The van der Waals surface area contributed by atoms with Crippen LogP contribution in [0, 0.1) is 5.82 Å². The Labute approximate surface area is 195 Å². The van der Waals surface area contributed by atoms with Crippen molar-refractivity contribution in [2.75, 3.05) is 19.3 Å². The number of hydrogen-bond donors (Lipinski definition) is 3. The van der Waals surface area contributed by atoms with Crippen LogP contribution in [0.3, 0.4) is 0 Å². The van der Waals surface area contributed by atoms with E-state index in [1.54, 1.807) is 6.07 Å². The van der Waals surface area contributed by atoms with E-state index in [2.05, 4.69) is 45.1 Å². The van der Waals surface area contributed by atoms with E-state index in [0.717, 1.165) is 24.2 Å². The summed E-state index contributed by atoms with van der Waals surface area (Å²) in [5.41, 5.74) is 10.1. The summed E-state index contributed by atoms with van der Waals surface area (Å²) in [7, 11) is 2.08. The molecule has 6 nitrogen and oxygen atoms in total. The molecule has 0 aliphatic heterocycles. The predicted molar refractivity (Wildman–Crippen MR) is 136 cm³/mol. The van der Waals surface area contributed by atoms with Crippen molar-refractivity contribution in [1.29, 1.82) is 0 Å². The summed E-state index contributed by atoms with van der Waals surface area (Å²) >= 11 is 0. The van der Waals surface area contributed by atoms with Gasteiger partial charge in [-0.25, -0.2) is 9.37 Å². The number of likely N-dealkylation sites (N-methyl/N-ethyl adjacent to an activating group) is 1. The summed E-state index contributed by atoms with van der Waals surface area (Å²) in [5.74, 6) is -0.184. The molecule has 170 valence electrons. The average Bonchev–Trinajstić information content (AvgIpc) is 3.22. The van der Waals surface area contributed by atoms with Gasteiger partial charge in [-0.15, -0.1) is 0 Å². The molecule has 0 amide bonds.